The lowest BCUT2D eigenvalue weighted by atomic mass is 10.2. The molecule has 0 unspecified atom stereocenters. The van der Waals surface area contributed by atoms with Crippen LogP contribution in [-0.4, -0.2) is 49.5 Å². The molecule has 1 rings (SSSR count). The van der Waals surface area contributed by atoms with E-state index in [1.807, 2.05) is 11.7 Å². The minimum absolute atomic E-state index is 0.689. The van der Waals surface area contributed by atoms with Gasteiger partial charge in [0.15, 0.2) is 0 Å². The van der Waals surface area contributed by atoms with Crippen molar-refractivity contribution in [2.75, 3.05) is 34.5 Å². The van der Waals surface area contributed by atoms with Crippen molar-refractivity contribution in [3.63, 3.8) is 0 Å². The van der Waals surface area contributed by atoms with E-state index >= 15 is 0 Å². The topological polar surface area (TPSA) is 61.2 Å². The maximum Gasteiger partial charge on any atom is 0.0997 e. The first-order valence-corrected chi connectivity index (χ1v) is 5.87. The van der Waals surface area contributed by atoms with Crippen LogP contribution in [0.3, 0.4) is 0 Å². The third-order valence-corrected chi connectivity index (χ3v) is 2.52. The molecule has 0 saturated heterocycles. The Labute approximate surface area is 102 Å². The fraction of sp³-hybridized carbons (Fsp3) is 0.818. The van der Waals surface area contributed by atoms with Gasteiger partial charge in [0.2, 0.25) is 0 Å². The molecule has 0 amide bonds. The highest BCUT2D eigenvalue weighted by Crippen LogP contribution is 2.07. The van der Waals surface area contributed by atoms with Gasteiger partial charge in [-0.1, -0.05) is 5.21 Å². The van der Waals surface area contributed by atoms with Gasteiger partial charge in [-0.2, -0.15) is 0 Å². The summed E-state index contributed by atoms with van der Waals surface area (Å²) in [5.74, 6) is 0. The van der Waals surface area contributed by atoms with Gasteiger partial charge in [0.25, 0.3) is 0 Å². The molecule has 0 aliphatic heterocycles. The highest BCUT2D eigenvalue weighted by molar-refractivity contribution is 5.10. The molecule has 0 aliphatic rings. The van der Waals surface area contributed by atoms with Crippen molar-refractivity contribution in [1.82, 2.24) is 20.3 Å². The average Bonchev–Trinajstić information content (AvgIpc) is 2.70. The SMILES string of the molecule is CNCc1nnn(CCCOC)c1CCOC. The Morgan fingerprint density at radius 3 is 2.65 bits per heavy atom. The molecule has 6 heteroatoms. The first-order valence-electron chi connectivity index (χ1n) is 5.87. The highest BCUT2D eigenvalue weighted by Gasteiger charge is 2.11. The molecule has 0 aliphatic carbocycles. The predicted molar refractivity (Wildman–Crippen MR) is 64.9 cm³/mol. The summed E-state index contributed by atoms with van der Waals surface area (Å²) >= 11 is 0. The zero-order valence-electron chi connectivity index (χ0n) is 10.9. The van der Waals surface area contributed by atoms with Crippen molar-refractivity contribution >= 4 is 0 Å². The van der Waals surface area contributed by atoms with Crippen LogP contribution >= 0.6 is 0 Å². The maximum absolute atomic E-state index is 5.11. The van der Waals surface area contributed by atoms with Crippen LogP contribution in [0.5, 0.6) is 0 Å². The lowest BCUT2D eigenvalue weighted by Crippen LogP contribution is -2.13. The fourth-order valence-electron chi connectivity index (χ4n) is 1.68. The van der Waals surface area contributed by atoms with Crippen molar-refractivity contribution in [3.05, 3.63) is 11.4 Å². The van der Waals surface area contributed by atoms with E-state index in [1.54, 1.807) is 14.2 Å². The number of hydrogen-bond acceptors (Lipinski definition) is 5. The van der Waals surface area contributed by atoms with Crippen molar-refractivity contribution in [3.8, 4) is 0 Å². The molecular weight excluding hydrogens is 220 g/mol. The van der Waals surface area contributed by atoms with Crippen LogP contribution in [0.4, 0.5) is 0 Å². The number of nitrogens with one attached hydrogen (secondary N) is 1. The molecule has 98 valence electrons. The first kappa shape index (κ1) is 14.1. The summed E-state index contributed by atoms with van der Waals surface area (Å²) in [6.07, 6.45) is 1.78. The summed E-state index contributed by atoms with van der Waals surface area (Å²) in [5, 5.41) is 11.5. The Bertz CT molecular complexity index is 314. The Morgan fingerprint density at radius 2 is 2.00 bits per heavy atom. The fourth-order valence-corrected chi connectivity index (χ4v) is 1.68. The van der Waals surface area contributed by atoms with Gasteiger partial charge in [-0.3, -0.25) is 0 Å². The zero-order chi connectivity index (χ0) is 12.5. The Kier molecular flexibility index (Phi) is 6.76. The molecule has 1 aromatic heterocycles. The minimum Gasteiger partial charge on any atom is -0.385 e. The van der Waals surface area contributed by atoms with Crippen LogP contribution in [0.15, 0.2) is 0 Å². The van der Waals surface area contributed by atoms with Crippen LogP contribution in [-0.2, 0) is 29.0 Å². The molecule has 0 atom stereocenters. The maximum atomic E-state index is 5.11. The second-order valence-electron chi connectivity index (χ2n) is 3.83. The van der Waals surface area contributed by atoms with Crippen LogP contribution in [0.25, 0.3) is 0 Å². The van der Waals surface area contributed by atoms with Crippen molar-refractivity contribution in [1.29, 1.82) is 0 Å². The minimum atomic E-state index is 0.689. The highest BCUT2D eigenvalue weighted by atomic mass is 16.5. The van der Waals surface area contributed by atoms with E-state index in [0.29, 0.717) is 6.61 Å². The molecule has 0 aromatic carbocycles. The summed E-state index contributed by atoms with van der Waals surface area (Å²) in [5.41, 5.74) is 2.15. The summed E-state index contributed by atoms with van der Waals surface area (Å²) in [6.45, 7) is 3.01. The number of nitrogens with zero attached hydrogens (tertiary/aromatic N) is 3. The average molecular weight is 242 g/mol. The van der Waals surface area contributed by atoms with Gasteiger partial charge in [0.1, 0.15) is 0 Å². The smallest absolute Gasteiger partial charge is 0.0997 e. The number of methoxy groups -OCH3 is 2. The van der Waals surface area contributed by atoms with Crippen LogP contribution in [0.2, 0.25) is 0 Å². The normalized spacial score (nSPS) is 11.0. The number of hydrogen-bond donors (Lipinski definition) is 1. The molecule has 1 heterocycles. The van der Waals surface area contributed by atoms with E-state index in [0.717, 1.165) is 43.9 Å². The van der Waals surface area contributed by atoms with E-state index in [2.05, 4.69) is 15.6 Å². The molecule has 17 heavy (non-hydrogen) atoms. The van der Waals surface area contributed by atoms with Gasteiger partial charge in [-0.05, 0) is 13.5 Å². The predicted octanol–water partition coefficient (Wildman–Crippen LogP) is 0.223. The van der Waals surface area contributed by atoms with Crippen LogP contribution in [0, 0.1) is 0 Å². The number of aryl methyl sites for hydroxylation is 1. The molecule has 1 N–H and O–H groups in total. The van der Waals surface area contributed by atoms with E-state index in [4.69, 9.17) is 9.47 Å². The molecule has 0 spiro atoms. The molecule has 6 nitrogen and oxygen atoms in total. The summed E-state index contributed by atoms with van der Waals surface area (Å²) in [4.78, 5) is 0. The van der Waals surface area contributed by atoms with E-state index in [1.165, 1.54) is 0 Å². The van der Waals surface area contributed by atoms with E-state index in [9.17, 15) is 0 Å². The monoisotopic (exact) mass is 242 g/mol. The lowest BCUT2D eigenvalue weighted by molar-refractivity contribution is 0.186. The van der Waals surface area contributed by atoms with Gasteiger partial charge < -0.3 is 14.8 Å². The summed E-state index contributed by atoms with van der Waals surface area (Å²) in [6, 6.07) is 0. The number of ether oxygens (including phenoxy) is 2. The van der Waals surface area contributed by atoms with Gasteiger partial charge in [0, 0.05) is 40.3 Å². The molecular formula is C11H22N4O2. The summed E-state index contributed by atoms with van der Waals surface area (Å²) < 4.78 is 12.1. The van der Waals surface area contributed by atoms with Crippen molar-refractivity contribution in [2.24, 2.45) is 0 Å². The quantitative estimate of drug-likeness (QED) is 0.628. The van der Waals surface area contributed by atoms with E-state index < -0.39 is 0 Å². The Hall–Kier alpha value is -0.980. The number of rotatable bonds is 9. The third-order valence-electron chi connectivity index (χ3n) is 2.52. The van der Waals surface area contributed by atoms with E-state index in [-0.39, 0.29) is 0 Å². The molecule has 1 aromatic rings. The van der Waals surface area contributed by atoms with Crippen LogP contribution in [0.1, 0.15) is 17.8 Å². The van der Waals surface area contributed by atoms with Gasteiger partial charge in [0.05, 0.1) is 18.0 Å². The van der Waals surface area contributed by atoms with Crippen LogP contribution < -0.4 is 5.32 Å². The second kappa shape index (κ2) is 8.16. The van der Waals surface area contributed by atoms with Gasteiger partial charge in [-0.25, -0.2) is 4.68 Å². The lowest BCUT2D eigenvalue weighted by Gasteiger charge is -2.07. The molecule has 0 saturated carbocycles. The Morgan fingerprint density at radius 1 is 1.24 bits per heavy atom. The number of aromatic nitrogens is 3. The standard InChI is InChI=1S/C11H22N4O2/c1-12-9-10-11(5-8-17-3)15(14-13-10)6-4-7-16-2/h12H,4-9H2,1-3H3. The Balaban J connectivity index is 2.65. The third kappa shape index (κ3) is 4.41. The first-order chi connectivity index (χ1) is 8.33. The molecule has 0 fully saturated rings. The van der Waals surface area contributed by atoms with Gasteiger partial charge in [-0.15, -0.1) is 5.10 Å². The molecule has 0 radical (unpaired) electrons. The largest absolute Gasteiger partial charge is 0.385 e. The van der Waals surface area contributed by atoms with Gasteiger partial charge >= 0.3 is 0 Å². The summed E-state index contributed by atoms with van der Waals surface area (Å²) in [7, 11) is 5.32. The van der Waals surface area contributed by atoms with Crippen molar-refractivity contribution in [2.45, 2.75) is 25.9 Å². The second-order valence-corrected chi connectivity index (χ2v) is 3.83. The van der Waals surface area contributed by atoms with Crippen molar-refractivity contribution < 1.29 is 9.47 Å². The zero-order valence-corrected chi connectivity index (χ0v) is 10.9. The molecule has 0 bridgehead atoms.